The number of ether oxygens (including phenoxy) is 2. The van der Waals surface area contributed by atoms with Gasteiger partial charge in [-0.1, -0.05) is 0 Å². The van der Waals surface area contributed by atoms with Crippen LogP contribution in [0, 0.1) is 0 Å². The molecule has 0 aliphatic heterocycles. The van der Waals surface area contributed by atoms with Crippen LogP contribution in [0.3, 0.4) is 0 Å². The van der Waals surface area contributed by atoms with Crippen LogP contribution in [0.5, 0.6) is 17.4 Å². The number of aromatic nitrogens is 1. The number of methoxy groups -OCH3 is 1. The maximum atomic E-state index is 12.5. The Labute approximate surface area is 107 Å². The van der Waals surface area contributed by atoms with Gasteiger partial charge in [0.25, 0.3) is 0 Å². The van der Waals surface area contributed by atoms with E-state index in [2.05, 4.69) is 4.98 Å². The Balaban J connectivity index is 2.18. The van der Waals surface area contributed by atoms with Gasteiger partial charge in [-0.15, -0.1) is 0 Å². The molecule has 6 heteroatoms. The molecule has 0 unspecified atom stereocenters. The van der Waals surface area contributed by atoms with Crippen molar-refractivity contribution in [1.29, 1.82) is 0 Å². The van der Waals surface area contributed by atoms with Crippen LogP contribution in [-0.2, 0) is 6.18 Å². The van der Waals surface area contributed by atoms with Crippen molar-refractivity contribution in [2.24, 2.45) is 0 Å². The van der Waals surface area contributed by atoms with Gasteiger partial charge < -0.3 is 9.47 Å². The summed E-state index contributed by atoms with van der Waals surface area (Å²) in [5.74, 6) is 0.900. The summed E-state index contributed by atoms with van der Waals surface area (Å²) < 4.78 is 47.7. The number of hydrogen-bond donors (Lipinski definition) is 0. The predicted octanol–water partition coefficient (Wildman–Crippen LogP) is 3.90. The minimum absolute atomic E-state index is 0.111. The van der Waals surface area contributed by atoms with E-state index in [1.54, 1.807) is 24.3 Å². The zero-order chi connectivity index (χ0) is 13.9. The topological polar surface area (TPSA) is 31.4 Å². The lowest BCUT2D eigenvalue weighted by atomic mass is 10.2. The molecule has 0 spiro atoms. The highest BCUT2D eigenvalue weighted by Crippen LogP contribution is 2.31. The van der Waals surface area contributed by atoms with Crippen molar-refractivity contribution in [3.8, 4) is 17.4 Å². The lowest BCUT2D eigenvalue weighted by molar-refractivity contribution is -0.137. The average molecular weight is 269 g/mol. The van der Waals surface area contributed by atoms with Crippen molar-refractivity contribution in [3.63, 3.8) is 0 Å². The van der Waals surface area contributed by atoms with E-state index in [4.69, 9.17) is 9.47 Å². The smallest absolute Gasteiger partial charge is 0.416 e. The average Bonchev–Trinajstić information content (AvgIpc) is 2.39. The molecule has 1 aromatic carbocycles. The summed E-state index contributed by atoms with van der Waals surface area (Å²) in [6, 6.07) is 8.19. The molecule has 0 N–H and O–H groups in total. The molecule has 0 atom stereocenters. The summed E-state index contributed by atoms with van der Waals surface area (Å²) in [5.41, 5.74) is -0.800. The van der Waals surface area contributed by atoms with Gasteiger partial charge in [-0.25, -0.2) is 4.98 Å². The SMILES string of the molecule is COc1ccc(Oc2cc(C(F)(F)F)ccn2)cc1. The number of pyridine rings is 1. The first-order chi connectivity index (χ1) is 8.99. The van der Waals surface area contributed by atoms with Crippen molar-refractivity contribution in [1.82, 2.24) is 4.98 Å². The van der Waals surface area contributed by atoms with E-state index in [-0.39, 0.29) is 5.88 Å². The summed E-state index contributed by atoms with van der Waals surface area (Å²) in [5, 5.41) is 0. The number of hydrogen-bond acceptors (Lipinski definition) is 3. The largest absolute Gasteiger partial charge is 0.497 e. The molecule has 0 aliphatic rings. The highest BCUT2D eigenvalue weighted by Gasteiger charge is 2.30. The third-order valence-electron chi connectivity index (χ3n) is 2.34. The van der Waals surface area contributed by atoms with Gasteiger partial charge in [-0.2, -0.15) is 13.2 Å². The molecule has 2 aromatic rings. The summed E-state index contributed by atoms with van der Waals surface area (Å²) in [7, 11) is 1.52. The Kier molecular flexibility index (Phi) is 3.59. The molecule has 2 rings (SSSR count). The van der Waals surface area contributed by atoms with Crippen LogP contribution >= 0.6 is 0 Å². The molecular weight excluding hydrogens is 259 g/mol. The molecule has 3 nitrogen and oxygen atoms in total. The van der Waals surface area contributed by atoms with E-state index < -0.39 is 11.7 Å². The molecule has 100 valence electrons. The quantitative estimate of drug-likeness (QED) is 0.846. The van der Waals surface area contributed by atoms with Crippen molar-refractivity contribution in [3.05, 3.63) is 48.2 Å². The second-order valence-corrected chi connectivity index (χ2v) is 3.66. The molecule has 0 aliphatic carbocycles. The molecule has 1 heterocycles. The van der Waals surface area contributed by atoms with Gasteiger partial charge in [0.1, 0.15) is 11.5 Å². The molecule has 0 saturated carbocycles. The lowest BCUT2D eigenvalue weighted by Gasteiger charge is -2.09. The van der Waals surface area contributed by atoms with Crippen molar-refractivity contribution in [2.45, 2.75) is 6.18 Å². The molecule has 0 saturated heterocycles. The van der Waals surface area contributed by atoms with E-state index in [1.807, 2.05) is 0 Å². The van der Waals surface area contributed by atoms with Crippen LogP contribution in [0.25, 0.3) is 0 Å². The number of halogens is 3. The van der Waals surface area contributed by atoms with Gasteiger partial charge in [0.05, 0.1) is 12.7 Å². The fourth-order valence-electron chi connectivity index (χ4n) is 1.41. The first kappa shape index (κ1) is 13.2. The minimum Gasteiger partial charge on any atom is -0.497 e. The third-order valence-corrected chi connectivity index (χ3v) is 2.34. The van der Waals surface area contributed by atoms with Crippen LogP contribution in [0.4, 0.5) is 13.2 Å². The second-order valence-electron chi connectivity index (χ2n) is 3.66. The van der Waals surface area contributed by atoms with Gasteiger partial charge in [0, 0.05) is 12.3 Å². The highest BCUT2D eigenvalue weighted by molar-refractivity contribution is 5.34. The van der Waals surface area contributed by atoms with Crippen molar-refractivity contribution < 1.29 is 22.6 Å². The van der Waals surface area contributed by atoms with Crippen LogP contribution in [0.15, 0.2) is 42.6 Å². The Morgan fingerprint density at radius 3 is 2.21 bits per heavy atom. The maximum absolute atomic E-state index is 12.5. The zero-order valence-corrected chi connectivity index (χ0v) is 9.94. The summed E-state index contributed by atoms with van der Waals surface area (Å²) in [4.78, 5) is 3.74. The number of benzene rings is 1. The van der Waals surface area contributed by atoms with Crippen LogP contribution in [0.2, 0.25) is 0 Å². The molecule has 1 aromatic heterocycles. The Hall–Kier alpha value is -2.24. The first-order valence-electron chi connectivity index (χ1n) is 5.34. The van der Waals surface area contributed by atoms with Crippen LogP contribution in [-0.4, -0.2) is 12.1 Å². The molecular formula is C13H10F3NO2. The number of nitrogens with zero attached hydrogens (tertiary/aromatic N) is 1. The molecule has 0 bridgehead atoms. The summed E-state index contributed by atoms with van der Waals surface area (Å²) >= 11 is 0. The lowest BCUT2D eigenvalue weighted by Crippen LogP contribution is -2.05. The standard InChI is InChI=1S/C13H10F3NO2/c1-18-10-2-4-11(5-3-10)19-12-8-9(6-7-17-12)13(14,15)16/h2-8H,1H3. The molecule has 0 fully saturated rings. The summed E-state index contributed by atoms with van der Waals surface area (Å²) in [6.45, 7) is 0. The van der Waals surface area contributed by atoms with Gasteiger partial charge in [-0.05, 0) is 30.3 Å². The fraction of sp³-hybridized carbons (Fsp3) is 0.154. The maximum Gasteiger partial charge on any atom is 0.416 e. The molecule has 0 radical (unpaired) electrons. The Bertz CT molecular complexity index is 553. The van der Waals surface area contributed by atoms with Gasteiger partial charge in [-0.3, -0.25) is 0 Å². The van der Waals surface area contributed by atoms with E-state index in [1.165, 1.54) is 7.11 Å². The second kappa shape index (κ2) is 5.17. The Morgan fingerprint density at radius 2 is 1.63 bits per heavy atom. The first-order valence-corrected chi connectivity index (χ1v) is 5.34. The van der Waals surface area contributed by atoms with E-state index in [0.717, 1.165) is 18.3 Å². The molecule has 0 amide bonds. The van der Waals surface area contributed by atoms with Crippen molar-refractivity contribution in [2.75, 3.05) is 7.11 Å². The van der Waals surface area contributed by atoms with Crippen LogP contribution < -0.4 is 9.47 Å². The highest BCUT2D eigenvalue weighted by atomic mass is 19.4. The van der Waals surface area contributed by atoms with Gasteiger partial charge >= 0.3 is 6.18 Å². The predicted molar refractivity (Wildman–Crippen MR) is 62.3 cm³/mol. The monoisotopic (exact) mass is 269 g/mol. The fourth-order valence-corrected chi connectivity index (χ4v) is 1.41. The van der Waals surface area contributed by atoms with E-state index >= 15 is 0 Å². The molecule has 19 heavy (non-hydrogen) atoms. The number of alkyl halides is 3. The summed E-state index contributed by atoms with van der Waals surface area (Å²) in [6.07, 6.45) is -3.36. The third kappa shape index (κ3) is 3.37. The normalized spacial score (nSPS) is 11.2. The van der Waals surface area contributed by atoms with E-state index in [9.17, 15) is 13.2 Å². The van der Waals surface area contributed by atoms with Crippen LogP contribution in [0.1, 0.15) is 5.56 Å². The Morgan fingerprint density at radius 1 is 1.00 bits per heavy atom. The minimum atomic E-state index is -4.42. The number of rotatable bonds is 3. The van der Waals surface area contributed by atoms with Gasteiger partial charge in [0.15, 0.2) is 0 Å². The van der Waals surface area contributed by atoms with E-state index in [0.29, 0.717) is 11.5 Å². The van der Waals surface area contributed by atoms with Crippen molar-refractivity contribution >= 4 is 0 Å². The zero-order valence-electron chi connectivity index (χ0n) is 9.94. The van der Waals surface area contributed by atoms with Gasteiger partial charge in [0.2, 0.25) is 5.88 Å².